The first-order chi connectivity index (χ1) is 9.20. The molecule has 1 aliphatic rings. The number of aromatic nitrogens is 2. The van der Waals surface area contributed by atoms with Crippen LogP contribution in [0, 0.1) is 0 Å². The highest BCUT2D eigenvalue weighted by molar-refractivity contribution is 5.89. The van der Waals surface area contributed by atoms with Crippen molar-refractivity contribution in [1.82, 2.24) is 14.5 Å². The molecule has 0 atom stereocenters. The number of anilines is 1. The first-order valence-corrected chi connectivity index (χ1v) is 7.08. The van der Waals surface area contributed by atoms with Crippen molar-refractivity contribution in [3.8, 4) is 0 Å². The Morgan fingerprint density at radius 2 is 1.84 bits per heavy atom. The van der Waals surface area contributed by atoms with Gasteiger partial charge in [-0.2, -0.15) is 0 Å². The van der Waals surface area contributed by atoms with E-state index in [9.17, 15) is 0 Å². The van der Waals surface area contributed by atoms with Crippen LogP contribution in [-0.4, -0.2) is 47.7 Å². The molecule has 2 heterocycles. The number of fused-ring (bicyclic) bond motifs is 1. The maximum atomic E-state index is 4.73. The number of likely N-dealkylation sites (N-methyl/N-ethyl adjacent to an activating group) is 1. The normalized spacial score (nSPS) is 17.3. The summed E-state index contributed by atoms with van der Waals surface area (Å²) in [6, 6.07) is 6.48. The molecule has 1 aromatic heterocycles. The van der Waals surface area contributed by atoms with Gasteiger partial charge >= 0.3 is 0 Å². The molecule has 102 valence electrons. The predicted octanol–water partition coefficient (Wildman–Crippen LogP) is 1.89. The van der Waals surface area contributed by atoms with E-state index in [0.717, 1.165) is 43.9 Å². The van der Waals surface area contributed by atoms with Gasteiger partial charge in [-0.1, -0.05) is 13.0 Å². The molecule has 19 heavy (non-hydrogen) atoms. The summed E-state index contributed by atoms with van der Waals surface area (Å²) in [4.78, 5) is 9.60. The minimum absolute atomic E-state index is 0.980. The number of para-hydroxylation sites is 1. The summed E-state index contributed by atoms with van der Waals surface area (Å²) in [6.45, 7) is 6.63. The summed E-state index contributed by atoms with van der Waals surface area (Å²) in [5, 5.41) is 0. The molecule has 0 bridgehead atoms. The quantitative estimate of drug-likeness (QED) is 0.822. The van der Waals surface area contributed by atoms with Gasteiger partial charge in [0.1, 0.15) is 5.82 Å². The second kappa shape index (κ2) is 4.85. The zero-order chi connectivity index (χ0) is 13.4. The molecule has 1 saturated heterocycles. The molecule has 0 aliphatic carbocycles. The highest BCUT2D eigenvalue weighted by Gasteiger charge is 2.18. The van der Waals surface area contributed by atoms with Crippen LogP contribution in [-0.2, 0) is 13.5 Å². The van der Waals surface area contributed by atoms with Crippen LogP contribution in [0.1, 0.15) is 12.7 Å². The third-order valence-corrected chi connectivity index (χ3v) is 4.13. The summed E-state index contributed by atoms with van der Waals surface area (Å²) >= 11 is 0. The number of hydrogen-bond acceptors (Lipinski definition) is 3. The molecular formula is C15H22N4. The fourth-order valence-corrected chi connectivity index (χ4v) is 2.92. The van der Waals surface area contributed by atoms with Crippen LogP contribution in [0.5, 0.6) is 0 Å². The summed E-state index contributed by atoms with van der Waals surface area (Å²) < 4.78 is 2.25. The Morgan fingerprint density at radius 1 is 1.11 bits per heavy atom. The topological polar surface area (TPSA) is 24.3 Å². The van der Waals surface area contributed by atoms with Crippen LogP contribution in [0.4, 0.5) is 5.69 Å². The molecule has 1 fully saturated rings. The third-order valence-electron chi connectivity index (χ3n) is 4.13. The fourth-order valence-electron chi connectivity index (χ4n) is 2.92. The van der Waals surface area contributed by atoms with Gasteiger partial charge in [0, 0.05) is 39.6 Å². The summed E-state index contributed by atoms with van der Waals surface area (Å²) in [5.74, 6) is 1.16. The van der Waals surface area contributed by atoms with Gasteiger partial charge in [0.2, 0.25) is 0 Å². The van der Waals surface area contributed by atoms with Gasteiger partial charge in [0.25, 0.3) is 0 Å². The predicted molar refractivity (Wildman–Crippen MR) is 79.8 cm³/mol. The molecule has 0 spiro atoms. The molecule has 0 saturated carbocycles. The van der Waals surface area contributed by atoms with Crippen molar-refractivity contribution in [3.05, 3.63) is 24.0 Å². The van der Waals surface area contributed by atoms with Crippen LogP contribution in [0.3, 0.4) is 0 Å². The lowest BCUT2D eigenvalue weighted by molar-refractivity contribution is 0.313. The first kappa shape index (κ1) is 12.5. The first-order valence-electron chi connectivity index (χ1n) is 7.08. The minimum atomic E-state index is 0.980. The Labute approximate surface area is 114 Å². The molecule has 4 nitrogen and oxygen atoms in total. The largest absolute Gasteiger partial charge is 0.367 e. The van der Waals surface area contributed by atoms with E-state index in [0.29, 0.717) is 0 Å². The molecule has 1 aromatic carbocycles. The lowest BCUT2D eigenvalue weighted by Gasteiger charge is -2.34. The van der Waals surface area contributed by atoms with Crippen LogP contribution >= 0.6 is 0 Å². The Balaban J connectivity index is 2.05. The van der Waals surface area contributed by atoms with Crippen LogP contribution in [0.2, 0.25) is 0 Å². The van der Waals surface area contributed by atoms with E-state index in [2.05, 4.69) is 53.6 Å². The van der Waals surface area contributed by atoms with E-state index in [1.165, 1.54) is 11.2 Å². The van der Waals surface area contributed by atoms with Crippen LogP contribution in [0.25, 0.3) is 11.0 Å². The fraction of sp³-hybridized carbons (Fsp3) is 0.533. The van der Waals surface area contributed by atoms with Gasteiger partial charge in [-0.3, -0.25) is 0 Å². The van der Waals surface area contributed by atoms with Gasteiger partial charge in [-0.05, 0) is 19.2 Å². The third kappa shape index (κ3) is 2.10. The molecule has 0 unspecified atom stereocenters. The van der Waals surface area contributed by atoms with Crippen LogP contribution < -0.4 is 4.90 Å². The van der Waals surface area contributed by atoms with Gasteiger partial charge in [-0.15, -0.1) is 0 Å². The molecular weight excluding hydrogens is 236 g/mol. The van der Waals surface area contributed by atoms with Crippen molar-refractivity contribution in [2.24, 2.45) is 7.05 Å². The van der Waals surface area contributed by atoms with Crippen molar-refractivity contribution in [3.63, 3.8) is 0 Å². The molecule has 0 amide bonds. The number of piperazine rings is 1. The SMILES string of the molecule is CCc1nc2cccc(N3CCN(C)CC3)c2n1C. The van der Waals surface area contributed by atoms with Crippen LogP contribution in [0.15, 0.2) is 18.2 Å². The van der Waals surface area contributed by atoms with E-state index in [1.807, 2.05) is 0 Å². The summed E-state index contributed by atoms with van der Waals surface area (Å²) in [7, 11) is 4.32. The number of aryl methyl sites for hydroxylation is 2. The molecule has 3 rings (SSSR count). The molecule has 0 N–H and O–H groups in total. The zero-order valence-corrected chi connectivity index (χ0v) is 12.1. The second-order valence-electron chi connectivity index (χ2n) is 5.38. The average molecular weight is 258 g/mol. The van der Waals surface area contributed by atoms with E-state index in [-0.39, 0.29) is 0 Å². The van der Waals surface area contributed by atoms with Crippen molar-refractivity contribution < 1.29 is 0 Å². The number of rotatable bonds is 2. The van der Waals surface area contributed by atoms with E-state index >= 15 is 0 Å². The van der Waals surface area contributed by atoms with Crippen molar-refractivity contribution >= 4 is 16.7 Å². The number of benzene rings is 1. The Kier molecular flexibility index (Phi) is 3.19. The van der Waals surface area contributed by atoms with Gasteiger partial charge in [-0.25, -0.2) is 4.98 Å². The maximum Gasteiger partial charge on any atom is 0.109 e. The maximum absolute atomic E-state index is 4.73. The Bertz CT molecular complexity index is 579. The standard InChI is InChI=1S/C15H22N4/c1-4-14-16-12-6-5-7-13(15(12)18(14)3)19-10-8-17(2)9-11-19/h5-7H,4,8-11H2,1-3H3. The van der Waals surface area contributed by atoms with E-state index < -0.39 is 0 Å². The highest BCUT2D eigenvalue weighted by atomic mass is 15.3. The molecule has 4 heteroatoms. The van der Waals surface area contributed by atoms with Gasteiger partial charge < -0.3 is 14.4 Å². The highest BCUT2D eigenvalue weighted by Crippen LogP contribution is 2.28. The Morgan fingerprint density at radius 3 is 2.53 bits per heavy atom. The van der Waals surface area contributed by atoms with E-state index in [1.54, 1.807) is 0 Å². The number of imidazole rings is 1. The van der Waals surface area contributed by atoms with Crippen molar-refractivity contribution in [2.45, 2.75) is 13.3 Å². The smallest absolute Gasteiger partial charge is 0.109 e. The van der Waals surface area contributed by atoms with Gasteiger partial charge in [0.15, 0.2) is 0 Å². The minimum Gasteiger partial charge on any atom is -0.367 e. The lowest BCUT2D eigenvalue weighted by Crippen LogP contribution is -2.44. The zero-order valence-electron chi connectivity index (χ0n) is 12.1. The van der Waals surface area contributed by atoms with Gasteiger partial charge in [0.05, 0.1) is 16.7 Å². The number of nitrogens with zero attached hydrogens (tertiary/aromatic N) is 4. The van der Waals surface area contributed by atoms with Crippen molar-refractivity contribution in [2.75, 3.05) is 38.1 Å². The number of hydrogen-bond donors (Lipinski definition) is 0. The molecule has 0 radical (unpaired) electrons. The monoisotopic (exact) mass is 258 g/mol. The summed E-state index contributed by atoms with van der Waals surface area (Å²) in [6.07, 6.45) is 0.980. The summed E-state index contributed by atoms with van der Waals surface area (Å²) in [5.41, 5.74) is 3.74. The van der Waals surface area contributed by atoms with Crippen molar-refractivity contribution in [1.29, 1.82) is 0 Å². The average Bonchev–Trinajstić information content (AvgIpc) is 2.76. The molecule has 2 aromatic rings. The second-order valence-corrected chi connectivity index (χ2v) is 5.38. The Hall–Kier alpha value is -1.55. The molecule has 1 aliphatic heterocycles. The van der Waals surface area contributed by atoms with E-state index in [4.69, 9.17) is 4.98 Å². The lowest BCUT2D eigenvalue weighted by atomic mass is 10.2.